The zero-order valence-corrected chi connectivity index (χ0v) is 11.5. The van der Waals surface area contributed by atoms with Crippen LogP contribution in [-0.2, 0) is 0 Å². The SMILES string of the molecule is CCCP(C)(Br)(CCC)CCC. The topological polar surface area (TPSA) is 0 Å². The van der Waals surface area contributed by atoms with Crippen molar-refractivity contribution in [2.24, 2.45) is 0 Å². The Morgan fingerprint density at radius 1 is 0.833 bits per heavy atom. The third-order valence-corrected chi connectivity index (χ3v) is 10.8. The van der Waals surface area contributed by atoms with Gasteiger partial charge >= 0.3 is 86.0 Å². The minimum atomic E-state index is -1.40. The first kappa shape index (κ1) is 12.9. The van der Waals surface area contributed by atoms with E-state index in [1.165, 1.54) is 37.7 Å². The van der Waals surface area contributed by atoms with Gasteiger partial charge in [0.05, 0.1) is 0 Å². The van der Waals surface area contributed by atoms with Gasteiger partial charge in [-0.05, 0) is 0 Å². The van der Waals surface area contributed by atoms with Crippen LogP contribution < -0.4 is 0 Å². The van der Waals surface area contributed by atoms with Gasteiger partial charge in [0.1, 0.15) is 0 Å². The molecule has 0 heterocycles. The predicted molar refractivity (Wildman–Crippen MR) is 67.2 cm³/mol. The van der Waals surface area contributed by atoms with Crippen molar-refractivity contribution in [3.8, 4) is 0 Å². The van der Waals surface area contributed by atoms with Crippen molar-refractivity contribution in [1.29, 1.82) is 0 Å². The normalized spacial score (nSPS) is 15.6. The molecule has 0 aliphatic carbocycles. The van der Waals surface area contributed by atoms with E-state index in [4.69, 9.17) is 0 Å². The average Bonchev–Trinajstić information content (AvgIpc) is 1.86. The predicted octanol–water partition coefficient (Wildman–Crippen LogP) is 4.71. The number of rotatable bonds is 6. The summed E-state index contributed by atoms with van der Waals surface area (Å²) in [6, 6.07) is 0. The number of hydrogen-bond donors (Lipinski definition) is 0. The van der Waals surface area contributed by atoms with Gasteiger partial charge in [-0.15, -0.1) is 0 Å². The molecule has 0 radical (unpaired) electrons. The third-order valence-electron chi connectivity index (χ3n) is 2.54. The summed E-state index contributed by atoms with van der Waals surface area (Å²) < 4.78 is 0. The Hall–Kier alpha value is 0.910. The van der Waals surface area contributed by atoms with E-state index < -0.39 is 5.31 Å². The second kappa shape index (κ2) is 4.96. The molecule has 0 N–H and O–H groups in total. The summed E-state index contributed by atoms with van der Waals surface area (Å²) in [7, 11) is 0. The monoisotopic (exact) mass is 254 g/mol. The standard InChI is InChI=1S/C10H24BrP/c1-5-8-12(4,11,9-6-2)10-7-3/h5-10H2,1-4H3. The molecule has 0 rings (SSSR count). The Balaban J connectivity index is 4.31. The molecule has 0 saturated carbocycles. The van der Waals surface area contributed by atoms with E-state index in [0.717, 1.165) is 0 Å². The average molecular weight is 255 g/mol. The first-order valence-electron chi connectivity index (χ1n) is 5.19. The van der Waals surface area contributed by atoms with Crippen LogP contribution in [0.3, 0.4) is 0 Å². The molecule has 0 fully saturated rings. The van der Waals surface area contributed by atoms with Gasteiger partial charge < -0.3 is 0 Å². The van der Waals surface area contributed by atoms with Crippen molar-refractivity contribution in [3.63, 3.8) is 0 Å². The van der Waals surface area contributed by atoms with Crippen LogP contribution in [0.5, 0.6) is 0 Å². The number of hydrogen-bond acceptors (Lipinski definition) is 0. The van der Waals surface area contributed by atoms with Gasteiger partial charge in [-0.25, -0.2) is 0 Å². The number of halogens is 1. The molecule has 12 heavy (non-hydrogen) atoms. The van der Waals surface area contributed by atoms with Crippen molar-refractivity contribution >= 4 is 20.8 Å². The quantitative estimate of drug-likeness (QED) is 0.603. The summed E-state index contributed by atoms with van der Waals surface area (Å²) in [6.45, 7) is 9.43. The van der Waals surface area contributed by atoms with E-state index in [1.54, 1.807) is 0 Å². The minimum absolute atomic E-state index is 1.33. The molecule has 0 aliphatic rings. The summed E-state index contributed by atoms with van der Waals surface area (Å²) in [4.78, 5) is 0. The molecule has 0 aromatic heterocycles. The molecular weight excluding hydrogens is 231 g/mol. The van der Waals surface area contributed by atoms with Crippen LogP contribution in [-0.4, -0.2) is 25.2 Å². The Bertz CT molecular complexity index is 108. The van der Waals surface area contributed by atoms with E-state index in [1.807, 2.05) is 0 Å². The van der Waals surface area contributed by atoms with Crippen LogP contribution in [0.1, 0.15) is 40.0 Å². The molecular formula is C10H24BrP. The Labute approximate surface area is 86.2 Å². The van der Waals surface area contributed by atoms with E-state index in [9.17, 15) is 0 Å². The van der Waals surface area contributed by atoms with Gasteiger partial charge in [0.2, 0.25) is 0 Å². The van der Waals surface area contributed by atoms with Crippen molar-refractivity contribution in [2.45, 2.75) is 40.0 Å². The maximum atomic E-state index is 4.10. The molecule has 0 aromatic rings. The fourth-order valence-corrected chi connectivity index (χ4v) is 9.82. The van der Waals surface area contributed by atoms with Crippen LogP contribution in [0.2, 0.25) is 0 Å². The maximum absolute atomic E-state index is 4.10. The van der Waals surface area contributed by atoms with Gasteiger partial charge in [-0.2, -0.15) is 0 Å². The molecule has 0 amide bonds. The first-order chi connectivity index (χ1) is 5.46. The van der Waals surface area contributed by atoms with Crippen molar-refractivity contribution in [3.05, 3.63) is 0 Å². The third kappa shape index (κ3) is 4.23. The Kier molecular flexibility index (Phi) is 5.33. The molecule has 0 aliphatic heterocycles. The van der Waals surface area contributed by atoms with Gasteiger partial charge in [0, 0.05) is 0 Å². The zero-order chi connectivity index (χ0) is 9.69. The molecule has 0 spiro atoms. The summed E-state index contributed by atoms with van der Waals surface area (Å²) in [5.74, 6) is 0. The van der Waals surface area contributed by atoms with Crippen molar-refractivity contribution in [2.75, 3.05) is 25.2 Å². The molecule has 0 unspecified atom stereocenters. The van der Waals surface area contributed by atoms with Crippen molar-refractivity contribution in [1.82, 2.24) is 0 Å². The van der Waals surface area contributed by atoms with Gasteiger partial charge in [0.25, 0.3) is 0 Å². The molecule has 0 saturated heterocycles. The fraction of sp³-hybridized carbons (Fsp3) is 1.00. The van der Waals surface area contributed by atoms with Crippen LogP contribution >= 0.6 is 20.8 Å². The van der Waals surface area contributed by atoms with Crippen LogP contribution in [0.4, 0.5) is 0 Å². The van der Waals surface area contributed by atoms with Crippen LogP contribution in [0, 0.1) is 0 Å². The zero-order valence-electron chi connectivity index (χ0n) is 9.07. The van der Waals surface area contributed by atoms with Crippen LogP contribution in [0.15, 0.2) is 0 Å². The first-order valence-corrected chi connectivity index (χ1v) is 10.4. The molecule has 76 valence electrons. The van der Waals surface area contributed by atoms with Gasteiger partial charge in [0.15, 0.2) is 0 Å². The van der Waals surface area contributed by atoms with Gasteiger partial charge in [-0.1, -0.05) is 0 Å². The summed E-state index contributed by atoms with van der Waals surface area (Å²) in [6.07, 6.45) is 8.27. The molecule has 0 bridgehead atoms. The second-order valence-corrected chi connectivity index (χ2v) is 16.6. The Morgan fingerprint density at radius 3 is 1.25 bits per heavy atom. The second-order valence-electron chi connectivity index (χ2n) is 4.32. The van der Waals surface area contributed by atoms with E-state index >= 15 is 0 Å². The summed E-state index contributed by atoms with van der Waals surface area (Å²) >= 11 is 4.10. The Morgan fingerprint density at radius 2 is 1.08 bits per heavy atom. The van der Waals surface area contributed by atoms with Gasteiger partial charge in [-0.3, -0.25) is 0 Å². The fourth-order valence-electron chi connectivity index (χ4n) is 2.21. The molecule has 0 nitrogen and oxygen atoms in total. The summed E-state index contributed by atoms with van der Waals surface area (Å²) in [5, 5.41) is -1.40. The van der Waals surface area contributed by atoms with Crippen LogP contribution in [0.25, 0.3) is 0 Å². The van der Waals surface area contributed by atoms with E-state index in [2.05, 4.69) is 42.9 Å². The molecule has 2 heteroatoms. The van der Waals surface area contributed by atoms with Crippen molar-refractivity contribution < 1.29 is 0 Å². The summed E-state index contributed by atoms with van der Waals surface area (Å²) in [5.41, 5.74) is 0. The molecule has 0 atom stereocenters. The van der Waals surface area contributed by atoms with E-state index in [-0.39, 0.29) is 0 Å². The molecule has 0 aromatic carbocycles. The van der Waals surface area contributed by atoms with E-state index in [0.29, 0.717) is 0 Å².